The Hall–Kier alpha value is -2.41. The van der Waals surface area contributed by atoms with Gasteiger partial charge in [-0.2, -0.15) is 0 Å². The molecule has 136 valence electrons. The molecule has 2 nitrogen and oxygen atoms in total. The molecular formula is C23H22ClN2P. The zero-order valence-corrected chi connectivity index (χ0v) is 16.9. The van der Waals surface area contributed by atoms with Gasteiger partial charge in [-0.25, -0.2) is 0 Å². The Bertz CT molecular complexity index is 930. The quantitative estimate of drug-likeness (QED) is 0.454. The van der Waals surface area contributed by atoms with E-state index in [1.807, 2.05) is 36.1 Å². The van der Waals surface area contributed by atoms with Crippen LogP contribution >= 0.6 is 17.2 Å². The van der Waals surface area contributed by atoms with Crippen molar-refractivity contribution in [1.82, 2.24) is 9.78 Å². The zero-order chi connectivity index (χ0) is 18.8. The number of nitrogens with zero attached hydrogens (tertiary/aromatic N) is 2. The van der Waals surface area contributed by atoms with E-state index in [0.29, 0.717) is 0 Å². The summed E-state index contributed by atoms with van der Waals surface area (Å²) in [6.45, 7) is 0. The number of aryl methyl sites for hydroxylation is 1. The molecule has 0 aliphatic carbocycles. The van der Waals surface area contributed by atoms with Crippen molar-refractivity contribution in [2.75, 3.05) is 0 Å². The molecule has 0 aliphatic rings. The van der Waals surface area contributed by atoms with Crippen LogP contribution in [-0.2, 0) is 13.2 Å². The van der Waals surface area contributed by atoms with Gasteiger partial charge >= 0.3 is 165 Å². The van der Waals surface area contributed by atoms with Gasteiger partial charge < -0.3 is 0 Å². The van der Waals surface area contributed by atoms with Gasteiger partial charge in [0.05, 0.1) is 0 Å². The standard InChI is InChI=1S/C23H22ClN2P/c1-26-18-20(17-25-26)19-27(24,21-11-5-2-6-12-21,22-13-7-3-8-14-22)23-15-9-4-10-16-23/h2-18H,19H2,1H3. The van der Waals surface area contributed by atoms with Crippen LogP contribution in [0.5, 0.6) is 0 Å². The molecule has 0 aliphatic heterocycles. The van der Waals surface area contributed by atoms with E-state index >= 15 is 0 Å². The summed E-state index contributed by atoms with van der Waals surface area (Å²) < 4.78 is 1.84. The van der Waals surface area contributed by atoms with E-state index in [-0.39, 0.29) is 0 Å². The van der Waals surface area contributed by atoms with E-state index in [2.05, 4.69) is 84.1 Å². The average Bonchev–Trinajstić information content (AvgIpc) is 3.14. The van der Waals surface area contributed by atoms with E-state index in [9.17, 15) is 0 Å². The van der Waals surface area contributed by atoms with Crippen LogP contribution in [0.4, 0.5) is 0 Å². The molecule has 4 heteroatoms. The van der Waals surface area contributed by atoms with Crippen molar-refractivity contribution in [3.63, 3.8) is 0 Å². The molecule has 4 rings (SSSR count). The summed E-state index contributed by atoms with van der Waals surface area (Å²) >= 11 is 8.01. The Morgan fingerprint density at radius 1 is 0.741 bits per heavy atom. The first-order valence-corrected chi connectivity index (χ1v) is 12.3. The summed E-state index contributed by atoms with van der Waals surface area (Å²) in [5, 5.41) is 7.91. The molecular weight excluding hydrogens is 371 g/mol. The number of rotatable bonds is 5. The van der Waals surface area contributed by atoms with Crippen LogP contribution in [0.15, 0.2) is 103 Å². The third kappa shape index (κ3) is 3.00. The van der Waals surface area contributed by atoms with E-state index in [4.69, 9.17) is 11.2 Å². The molecule has 0 N–H and O–H groups in total. The van der Waals surface area contributed by atoms with Crippen molar-refractivity contribution in [3.8, 4) is 0 Å². The first kappa shape index (κ1) is 18.0. The average molecular weight is 393 g/mol. The van der Waals surface area contributed by atoms with Crippen LogP contribution in [0.1, 0.15) is 5.56 Å². The fourth-order valence-corrected chi connectivity index (χ4v) is 9.93. The minimum absolute atomic E-state index is 0.721. The topological polar surface area (TPSA) is 17.8 Å². The summed E-state index contributed by atoms with van der Waals surface area (Å²) in [7, 11) is 1.94. The predicted molar refractivity (Wildman–Crippen MR) is 118 cm³/mol. The number of aromatic nitrogens is 2. The molecule has 0 spiro atoms. The first-order chi connectivity index (χ1) is 13.1. The summed E-state index contributed by atoms with van der Waals surface area (Å²) in [5.41, 5.74) is 1.14. The summed E-state index contributed by atoms with van der Waals surface area (Å²) in [4.78, 5) is 0. The molecule has 0 bridgehead atoms. The van der Waals surface area contributed by atoms with Gasteiger partial charge in [-0.05, 0) is 0 Å². The molecule has 0 amide bonds. The molecule has 1 heterocycles. The second-order valence-corrected chi connectivity index (χ2v) is 13.3. The van der Waals surface area contributed by atoms with Gasteiger partial charge in [0.1, 0.15) is 0 Å². The second kappa shape index (κ2) is 6.96. The van der Waals surface area contributed by atoms with Gasteiger partial charge in [-0.1, -0.05) is 0 Å². The molecule has 0 atom stereocenters. The molecule has 4 aromatic rings. The van der Waals surface area contributed by atoms with Crippen LogP contribution < -0.4 is 15.9 Å². The Kier molecular flexibility index (Phi) is 4.63. The summed E-state index contributed by atoms with van der Waals surface area (Å²) in [5.74, 6) is -3.25. The monoisotopic (exact) mass is 392 g/mol. The first-order valence-electron chi connectivity index (χ1n) is 8.98. The molecule has 0 fully saturated rings. The maximum absolute atomic E-state index is 8.01. The number of benzene rings is 3. The molecule has 0 saturated heterocycles. The van der Waals surface area contributed by atoms with Crippen LogP contribution in [0.3, 0.4) is 0 Å². The van der Waals surface area contributed by atoms with Crippen molar-refractivity contribution in [1.29, 1.82) is 0 Å². The normalized spacial score (nSPS) is 13.0. The fraction of sp³-hybridized carbons (Fsp3) is 0.0870. The van der Waals surface area contributed by atoms with Gasteiger partial charge in [-0.3, -0.25) is 0 Å². The molecule has 0 saturated carbocycles. The second-order valence-electron chi connectivity index (χ2n) is 6.87. The van der Waals surface area contributed by atoms with E-state index in [1.54, 1.807) is 0 Å². The third-order valence-electron chi connectivity index (χ3n) is 5.12. The fourth-order valence-electron chi connectivity index (χ4n) is 3.83. The number of halogens is 1. The molecule has 3 aromatic carbocycles. The summed E-state index contributed by atoms with van der Waals surface area (Å²) in [6, 6.07) is 31.6. The third-order valence-corrected chi connectivity index (χ3v) is 12.3. The van der Waals surface area contributed by atoms with Crippen LogP contribution in [0.2, 0.25) is 0 Å². The Balaban J connectivity index is 2.09. The summed E-state index contributed by atoms with van der Waals surface area (Å²) in [6.07, 6.45) is 4.72. The van der Waals surface area contributed by atoms with E-state index in [1.165, 1.54) is 15.9 Å². The van der Waals surface area contributed by atoms with Crippen molar-refractivity contribution in [2.24, 2.45) is 7.05 Å². The Labute approximate surface area is 165 Å². The van der Waals surface area contributed by atoms with Crippen LogP contribution in [0.25, 0.3) is 0 Å². The van der Waals surface area contributed by atoms with E-state index in [0.717, 1.165) is 11.7 Å². The molecule has 27 heavy (non-hydrogen) atoms. The molecule has 0 unspecified atom stereocenters. The zero-order valence-electron chi connectivity index (χ0n) is 15.2. The van der Waals surface area contributed by atoms with Gasteiger partial charge in [0.2, 0.25) is 0 Å². The van der Waals surface area contributed by atoms with Gasteiger partial charge in [-0.15, -0.1) is 0 Å². The number of hydrogen-bond donors (Lipinski definition) is 0. The van der Waals surface area contributed by atoms with Gasteiger partial charge in [0.15, 0.2) is 0 Å². The SMILES string of the molecule is Cn1cc(CP(Cl)(c2ccccc2)(c2ccccc2)c2ccccc2)cn1. The van der Waals surface area contributed by atoms with Crippen molar-refractivity contribution in [3.05, 3.63) is 109 Å². The van der Waals surface area contributed by atoms with Crippen LogP contribution in [-0.4, -0.2) is 9.78 Å². The maximum atomic E-state index is 8.01. The van der Waals surface area contributed by atoms with Gasteiger partial charge in [0.25, 0.3) is 0 Å². The minimum atomic E-state index is -3.25. The van der Waals surface area contributed by atoms with Crippen molar-refractivity contribution in [2.45, 2.75) is 6.16 Å². The Morgan fingerprint density at radius 3 is 1.48 bits per heavy atom. The van der Waals surface area contributed by atoms with Crippen molar-refractivity contribution >= 4 is 33.1 Å². The van der Waals surface area contributed by atoms with Crippen LogP contribution in [0, 0.1) is 0 Å². The number of hydrogen-bond acceptors (Lipinski definition) is 1. The van der Waals surface area contributed by atoms with E-state index < -0.39 is 5.96 Å². The molecule has 1 aromatic heterocycles. The van der Waals surface area contributed by atoms with Crippen molar-refractivity contribution < 1.29 is 0 Å². The Morgan fingerprint density at radius 2 is 1.15 bits per heavy atom. The predicted octanol–water partition coefficient (Wildman–Crippen LogP) is 4.60. The molecule has 0 radical (unpaired) electrons. The van der Waals surface area contributed by atoms with Gasteiger partial charge in [0, 0.05) is 0 Å².